The number of hydrogen-bond acceptors (Lipinski definition) is 2. The van der Waals surface area contributed by atoms with Crippen molar-refractivity contribution < 1.29 is 4.79 Å². The molecular formula is C14H14N4O. The maximum atomic E-state index is 12.1. The summed E-state index contributed by atoms with van der Waals surface area (Å²) in [4.78, 5) is 15.2. The summed E-state index contributed by atoms with van der Waals surface area (Å²) >= 11 is 0. The molecule has 5 heteroatoms. The number of hydrogen-bond donors (Lipinski definition) is 2. The maximum Gasteiger partial charge on any atom is 0.253 e. The molecule has 0 saturated carbocycles. The van der Waals surface area contributed by atoms with Crippen LogP contribution < -0.4 is 5.32 Å². The molecule has 2 aromatic heterocycles. The Hall–Kier alpha value is -2.56. The predicted molar refractivity (Wildman–Crippen MR) is 72.9 cm³/mol. The van der Waals surface area contributed by atoms with Crippen LogP contribution in [0.5, 0.6) is 0 Å². The Kier molecular flexibility index (Phi) is 3.02. The lowest BCUT2D eigenvalue weighted by Crippen LogP contribution is -2.27. The highest BCUT2D eigenvalue weighted by atomic mass is 16.1. The molecule has 3 aromatic rings. The van der Waals surface area contributed by atoms with Gasteiger partial charge in [0.05, 0.1) is 12.1 Å². The minimum atomic E-state index is -0.0652. The van der Waals surface area contributed by atoms with Crippen molar-refractivity contribution in [2.45, 2.75) is 6.54 Å². The molecule has 0 bridgehead atoms. The number of rotatable bonds is 4. The number of fused-ring (bicyclic) bond motifs is 1. The molecule has 2 heterocycles. The Morgan fingerprint density at radius 3 is 3.05 bits per heavy atom. The second kappa shape index (κ2) is 4.97. The van der Waals surface area contributed by atoms with Crippen molar-refractivity contribution >= 4 is 16.8 Å². The molecule has 3 rings (SSSR count). The van der Waals surface area contributed by atoms with Crippen molar-refractivity contribution in [1.82, 2.24) is 20.1 Å². The van der Waals surface area contributed by atoms with Gasteiger partial charge in [0.25, 0.3) is 5.91 Å². The van der Waals surface area contributed by atoms with Gasteiger partial charge in [-0.3, -0.25) is 9.48 Å². The van der Waals surface area contributed by atoms with Gasteiger partial charge in [-0.1, -0.05) is 18.2 Å². The topological polar surface area (TPSA) is 62.7 Å². The molecule has 0 aliphatic heterocycles. The summed E-state index contributed by atoms with van der Waals surface area (Å²) in [6.45, 7) is 1.22. The van der Waals surface area contributed by atoms with Crippen LogP contribution in [0.4, 0.5) is 0 Å². The molecule has 1 amide bonds. The molecule has 0 aliphatic carbocycles. The molecule has 19 heavy (non-hydrogen) atoms. The van der Waals surface area contributed by atoms with Gasteiger partial charge in [-0.2, -0.15) is 5.10 Å². The Bertz CT molecular complexity index is 684. The first-order valence-corrected chi connectivity index (χ1v) is 6.16. The number of carbonyl (C=O) groups is 1. The number of nitrogens with zero attached hydrogens (tertiary/aromatic N) is 2. The van der Waals surface area contributed by atoms with E-state index in [1.165, 1.54) is 0 Å². The van der Waals surface area contributed by atoms with Crippen molar-refractivity contribution in [2.75, 3.05) is 6.54 Å². The molecule has 2 N–H and O–H groups in total. The van der Waals surface area contributed by atoms with Crippen LogP contribution in [-0.2, 0) is 6.54 Å². The zero-order chi connectivity index (χ0) is 13.1. The quantitative estimate of drug-likeness (QED) is 0.745. The van der Waals surface area contributed by atoms with Gasteiger partial charge in [0.15, 0.2) is 0 Å². The monoisotopic (exact) mass is 254 g/mol. The fourth-order valence-electron chi connectivity index (χ4n) is 2.07. The molecule has 0 aliphatic rings. The number of carbonyl (C=O) groups excluding carboxylic acids is 1. The van der Waals surface area contributed by atoms with Gasteiger partial charge in [-0.05, 0) is 12.1 Å². The van der Waals surface area contributed by atoms with E-state index in [1.54, 1.807) is 17.1 Å². The number of amides is 1. The molecule has 0 radical (unpaired) electrons. The SMILES string of the molecule is O=C(NCCn1cccn1)c1c[nH]c2ccccc12. The summed E-state index contributed by atoms with van der Waals surface area (Å²) < 4.78 is 1.79. The Morgan fingerprint density at radius 1 is 1.32 bits per heavy atom. The number of para-hydroxylation sites is 1. The molecule has 1 aromatic carbocycles. The van der Waals surface area contributed by atoms with E-state index in [-0.39, 0.29) is 5.91 Å². The van der Waals surface area contributed by atoms with E-state index < -0.39 is 0 Å². The van der Waals surface area contributed by atoms with E-state index in [4.69, 9.17) is 0 Å². The van der Waals surface area contributed by atoms with Crippen LogP contribution in [0.2, 0.25) is 0 Å². The highest BCUT2D eigenvalue weighted by Gasteiger charge is 2.10. The minimum absolute atomic E-state index is 0.0652. The van der Waals surface area contributed by atoms with E-state index in [1.807, 2.05) is 36.5 Å². The smallest absolute Gasteiger partial charge is 0.253 e. The van der Waals surface area contributed by atoms with Crippen molar-refractivity contribution in [3.63, 3.8) is 0 Å². The van der Waals surface area contributed by atoms with Crippen LogP contribution in [0.25, 0.3) is 10.9 Å². The zero-order valence-electron chi connectivity index (χ0n) is 10.3. The summed E-state index contributed by atoms with van der Waals surface area (Å²) in [5.41, 5.74) is 1.65. The van der Waals surface area contributed by atoms with Crippen molar-refractivity contribution in [3.05, 3.63) is 54.5 Å². The third-order valence-electron chi connectivity index (χ3n) is 3.02. The minimum Gasteiger partial charge on any atom is -0.360 e. The van der Waals surface area contributed by atoms with Crippen molar-refractivity contribution in [1.29, 1.82) is 0 Å². The summed E-state index contributed by atoms with van der Waals surface area (Å²) in [6.07, 6.45) is 5.34. The van der Waals surface area contributed by atoms with E-state index in [0.717, 1.165) is 10.9 Å². The lowest BCUT2D eigenvalue weighted by Gasteiger charge is -2.04. The summed E-state index contributed by atoms with van der Waals surface area (Å²) in [5.74, 6) is -0.0652. The fraction of sp³-hybridized carbons (Fsp3) is 0.143. The molecule has 0 unspecified atom stereocenters. The van der Waals surface area contributed by atoms with Gasteiger partial charge in [0, 0.05) is 36.0 Å². The molecule has 0 saturated heterocycles. The van der Waals surface area contributed by atoms with E-state index >= 15 is 0 Å². The normalized spacial score (nSPS) is 10.7. The Labute approximate surface area is 110 Å². The van der Waals surface area contributed by atoms with E-state index in [0.29, 0.717) is 18.7 Å². The average molecular weight is 254 g/mol. The molecular weight excluding hydrogens is 240 g/mol. The Morgan fingerprint density at radius 2 is 2.21 bits per heavy atom. The molecule has 0 fully saturated rings. The molecule has 0 spiro atoms. The second-order valence-electron chi connectivity index (χ2n) is 4.27. The van der Waals surface area contributed by atoms with Crippen LogP contribution >= 0.6 is 0 Å². The average Bonchev–Trinajstić information content (AvgIpc) is 3.07. The number of aromatic nitrogens is 3. The lowest BCUT2D eigenvalue weighted by atomic mass is 10.1. The van der Waals surface area contributed by atoms with Gasteiger partial charge >= 0.3 is 0 Å². The number of H-pyrrole nitrogens is 1. The highest BCUT2D eigenvalue weighted by molar-refractivity contribution is 6.06. The van der Waals surface area contributed by atoms with Crippen LogP contribution in [0.15, 0.2) is 48.9 Å². The van der Waals surface area contributed by atoms with E-state index in [9.17, 15) is 4.79 Å². The standard InChI is InChI=1S/C14H14N4O/c19-14(15-7-9-18-8-3-6-17-18)12-10-16-13-5-2-1-4-11(12)13/h1-6,8,10,16H,7,9H2,(H,15,19). The van der Waals surface area contributed by atoms with Gasteiger partial charge in [-0.15, -0.1) is 0 Å². The van der Waals surface area contributed by atoms with E-state index in [2.05, 4.69) is 15.4 Å². The largest absolute Gasteiger partial charge is 0.360 e. The predicted octanol–water partition coefficient (Wildman–Crippen LogP) is 1.79. The van der Waals surface area contributed by atoms with Gasteiger partial charge < -0.3 is 10.3 Å². The fourth-order valence-corrected chi connectivity index (χ4v) is 2.07. The number of benzene rings is 1. The number of nitrogens with one attached hydrogen (secondary N) is 2. The number of aromatic amines is 1. The lowest BCUT2D eigenvalue weighted by molar-refractivity contribution is 0.0953. The third kappa shape index (κ3) is 2.35. The molecule has 0 atom stereocenters. The first-order chi connectivity index (χ1) is 9.34. The first kappa shape index (κ1) is 11.5. The van der Waals surface area contributed by atoms with Crippen molar-refractivity contribution in [3.8, 4) is 0 Å². The van der Waals surface area contributed by atoms with Gasteiger partial charge in [0.2, 0.25) is 0 Å². The van der Waals surface area contributed by atoms with Crippen molar-refractivity contribution in [2.24, 2.45) is 0 Å². The van der Waals surface area contributed by atoms with Gasteiger partial charge in [0.1, 0.15) is 0 Å². The summed E-state index contributed by atoms with van der Waals surface area (Å²) in [7, 11) is 0. The van der Waals surface area contributed by atoms with Crippen LogP contribution in [0, 0.1) is 0 Å². The summed E-state index contributed by atoms with van der Waals surface area (Å²) in [6, 6.07) is 9.63. The Balaban J connectivity index is 1.67. The third-order valence-corrected chi connectivity index (χ3v) is 3.02. The first-order valence-electron chi connectivity index (χ1n) is 6.16. The maximum absolute atomic E-state index is 12.1. The van der Waals surface area contributed by atoms with Crippen LogP contribution in [0.1, 0.15) is 10.4 Å². The second-order valence-corrected chi connectivity index (χ2v) is 4.27. The molecule has 5 nitrogen and oxygen atoms in total. The highest BCUT2D eigenvalue weighted by Crippen LogP contribution is 2.17. The van der Waals surface area contributed by atoms with Crippen LogP contribution in [0.3, 0.4) is 0 Å². The molecule has 96 valence electrons. The summed E-state index contributed by atoms with van der Waals surface area (Å²) in [5, 5.41) is 7.92. The van der Waals surface area contributed by atoms with Gasteiger partial charge in [-0.25, -0.2) is 0 Å². The van der Waals surface area contributed by atoms with Crippen LogP contribution in [-0.4, -0.2) is 27.2 Å². The zero-order valence-corrected chi connectivity index (χ0v) is 10.3.